The molecule has 146 valence electrons. The van der Waals surface area contributed by atoms with Gasteiger partial charge >= 0.3 is 0 Å². The number of hydrogen-bond acceptors (Lipinski definition) is 3. The second-order valence-corrected chi connectivity index (χ2v) is 7.54. The molecule has 7 heteroatoms. The number of rotatable bonds is 6. The van der Waals surface area contributed by atoms with Crippen molar-refractivity contribution < 1.29 is 14.4 Å². The largest absolute Gasteiger partial charge is 0.348 e. The van der Waals surface area contributed by atoms with Crippen LogP contribution in [0.5, 0.6) is 0 Å². The summed E-state index contributed by atoms with van der Waals surface area (Å²) in [5.74, 6) is -0.494. The molecule has 3 amide bonds. The molecule has 2 N–H and O–H groups in total. The Morgan fingerprint density at radius 1 is 1.14 bits per heavy atom. The molecule has 3 rings (SSSR count). The van der Waals surface area contributed by atoms with Gasteiger partial charge in [0.1, 0.15) is 0 Å². The zero-order valence-electron chi connectivity index (χ0n) is 15.6. The molecule has 1 aliphatic heterocycles. The standard InChI is InChI=1S/C21H22BrN3O3/c1-14(17-5-2-3-6-18(17)22)24-19(26)13-23-21(28)15-8-10-16(11-9-15)25-12-4-7-20(25)27/h2-3,5-6,8-11,14H,4,7,12-13H2,1H3,(H,23,28)(H,24,26)/t14-/m1/s1. The smallest absolute Gasteiger partial charge is 0.251 e. The van der Waals surface area contributed by atoms with Gasteiger partial charge in [-0.05, 0) is 49.2 Å². The molecule has 0 aromatic heterocycles. The van der Waals surface area contributed by atoms with Crippen LogP contribution in [0.4, 0.5) is 5.69 Å². The molecule has 1 heterocycles. The van der Waals surface area contributed by atoms with Crippen LogP contribution >= 0.6 is 15.9 Å². The van der Waals surface area contributed by atoms with Gasteiger partial charge in [-0.2, -0.15) is 0 Å². The molecule has 1 aliphatic rings. The average Bonchev–Trinajstić information content (AvgIpc) is 3.12. The van der Waals surface area contributed by atoms with E-state index in [1.54, 1.807) is 29.2 Å². The number of hydrogen-bond donors (Lipinski definition) is 2. The highest BCUT2D eigenvalue weighted by Crippen LogP contribution is 2.23. The minimum Gasteiger partial charge on any atom is -0.348 e. The van der Waals surface area contributed by atoms with Gasteiger partial charge in [0.2, 0.25) is 11.8 Å². The Kier molecular flexibility index (Phi) is 6.46. The van der Waals surface area contributed by atoms with Crippen LogP contribution in [-0.2, 0) is 9.59 Å². The van der Waals surface area contributed by atoms with Crippen LogP contribution in [0.25, 0.3) is 0 Å². The maximum atomic E-state index is 12.3. The number of nitrogens with one attached hydrogen (secondary N) is 2. The van der Waals surface area contributed by atoms with E-state index in [4.69, 9.17) is 0 Å². The lowest BCUT2D eigenvalue weighted by Crippen LogP contribution is -2.38. The third-order valence-corrected chi connectivity index (χ3v) is 5.40. The highest BCUT2D eigenvalue weighted by Gasteiger charge is 2.21. The van der Waals surface area contributed by atoms with Gasteiger partial charge in [0.15, 0.2) is 0 Å². The summed E-state index contributed by atoms with van der Waals surface area (Å²) < 4.78 is 0.920. The van der Waals surface area contributed by atoms with E-state index in [1.165, 1.54) is 0 Å². The molecule has 6 nitrogen and oxygen atoms in total. The molecular weight excluding hydrogens is 422 g/mol. The predicted octanol–water partition coefficient (Wildman–Crippen LogP) is 3.18. The summed E-state index contributed by atoms with van der Waals surface area (Å²) in [7, 11) is 0. The lowest BCUT2D eigenvalue weighted by Gasteiger charge is -2.17. The van der Waals surface area contributed by atoms with Gasteiger partial charge < -0.3 is 15.5 Å². The summed E-state index contributed by atoms with van der Waals surface area (Å²) in [4.78, 5) is 37.9. The van der Waals surface area contributed by atoms with Gasteiger partial charge in [0.05, 0.1) is 12.6 Å². The normalized spacial score (nSPS) is 14.6. The molecule has 1 atom stereocenters. The molecule has 1 saturated heterocycles. The number of carbonyl (C=O) groups is 3. The minimum absolute atomic E-state index is 0.105. The molecule has 1 fully saturated rings. The second-order valence-electron chi connectivity index (χ2n) is 6.69. The van der Waals surface area contributed by atoms with Gasteiger partial charge in [-0.1, -0.05) is 34.1 Å². The average molecular weight is 444 g/mol. The van der Waals surface area contributed by atoms with Crippen molar-refractivity contribution in [1.29, 1.82) is 0 Å². The number of carbonyl (C=O) groups excluding carboxylic acids is 3. The monoisotopic (exact) mass is 443 g/mol. The van der Waals surface area contributed by atoms with Gasteiger partial charge in [0.25, 0.3) is 5.91 Å². The summed E-state index contributed by atoms with van der Waals surface area (Å²) >= 11 is 3.47. The van der Waals surface area contributed by atoms with Crippen molar-refractivity contribution in [3.05, 3.63) is 64.1 Å². The summed E-state index contributed by atoms with van der Waals surface area (Å²) in [6.45, 7) is 2.48. The van der Waals surface area contributed by atoms with Crippen LogP contribution in [0, 0.1) is 0 Å². The minimum atomic E-state index is -0.331. The van der Waals surface area contributed by atoms with E-state index >= 15 is 0 Å². The van der Waals surface area contributed by atoms with E-state index in [9.17, 15) is 14.4 Å². The van der Waals surface area contributed by atoms with Crippen LogP contribution in [0.2, 0.25) is 0 Å². The highest BCUT2D eigenvalue weighted by molar-refractivity contribution is 9.10. The molecule has 0 spiro atoms. The van der Waals surface area contributed by atoms with Crippen molar-refractivity contribution in [3.63, 3.8) is 0 Å². The Morgan fingerprint density at radius 2 is 1.86 bits per heavy atom. The fourth-order valence-corrected chi connectivity index (χ4v) is 3.80. The topological polar surface area (TPSA) is 78.5 Å². The van der Waals surface area contributed by atoms with Crippen LogP contribution in [0.15, 0.2) is 53.0 Å². The van der Waals surface area contributed by atoms with Crippen LogP contribution in [0.3, 0.4) is 0 Å². The predicted molar refractivity (Wildman–Crippen MR) is 111 cm³/mol. The lowest BCUT2D eigenvalue weighted by atomic mass is 10.1. The van der Waals surface area contributed by atoms with Gasteiger partial charge in [-0.25, -0.2) is 0 Å². The molecule has 0 bridgehead atoms. The Hall–Kier alpha value is -2.67. The Balaban J connectivity index is 1.51. The van der Waals surface area contributed by atoms with E-state index in [2.05, 4.69) is 26.6 Å². The van der Waals surface area contributed by atoms with E-state index in [1.807, 2.05) is 31.2 Å². The first-order valence-corrected chi connectivity index (χ1v) is 9.97. The molecule has 28 heavy (non-hydrogen) atoms. The quantitative estimate of drug-likeness (QED) is 0.719. The first-order chi connectivity index (χ1) is 13.5. The zero-order valence-corrected chi connectivity index (χ0v) is 17.2. The SMILES string of the molecule is C[C@@H](NC(=O)CNC(=O)c1ccc(N2CCCC2=O)cc1)c1ccccc1Br. The summed E-state index contributed by atoms with van der Waals surface area (Å²) in [6, 6.07) is 14.3. The van der Waals surface area contributed by atoms with E-state index < -0.39 is 0 Å². The maximum absolute atomic E-state index is 12.3. The summed E-state index contributed by atoms with van der Waals surface area (Å²) in [5.41, 5.74) is 2.20. The first kappa shape index (κ1) is 20.1. The summed E-state index contributed by atoms with van der Waals surface area (Å²) in [6.07, 6.45) is 1.42. The molecule has 0 aliphatic carbocycles. The fourth-order valence-electron chi connectivity index (χ4n) is 3.17. The van der Waals surface area contributed by atoms with Crippen molar-refractivity contribution in [1.82, 2.24) is 10.6 Å². The number of benzene rings is 2. The molecule has 0 radical (unpaired) electrons. The van der Waals surface area contributed by atoms with E-state index in [0.29, 0.717) is 18.5 Å². The number of halogens is 1. The van der Waals surface area contributed by atoms with Crippen molar-refractivity contribution >= 4 is 39.3 Å². The van der Waals surface area contributed by atoms with Crippen molar-refractivity contribution in [3.8, 4) is 0 Å². The van der Waals surface area contributed by atoms with E-state index in [-0.39, 0.29) is 30.3 Å². The number of anilines is 1. The second kappa shape index (κ2) is 9.01. The lowest BCUT2D eigenvalue weighted by molar-refractivity contribution is -0.120. The van der Waals surface area contributed by atoms with Crippen LogP contribution < -0.4 is 15.5 Å². The molecule has 0 saturated carbocycles. The molecule has 2 aromatic carbocycles. The van der Waals surface area contributed by atoms with Crippen molar-refractivity contribution in [2.24, 2.45) is 0 Å². The molecule has 2 aromatic rings. The number of amides is 3. The van der Waals surface area contributed by atoms with Gasteiger partial charge in [-0.15, -0.1) is 0 Å². The van der Waals surface area contributed by atoms with Crippen LogP contribution in [0.1, 0.15) is 41.7 Å². The highest BCUT2D eigenvalue weighted by atomic mass is 79.9. The van der Waals surface area contributed by atoms with Gasteiger partial charge in [0, 0.05) is 28.7 Å². The third-order valence-electron chi connectivity index (χ3n) is 4.67. The van der Waals surface area contributed by atoms with E-state index in [0.717, 1.165) is 22.1 Å². The summed E-state index contributed by atoms with van der Waals surface area (Å²) in [5, 5.41) is 5.49. The Morgan fingerprint density at radius 3 is 2.50 bits per heavy atom. The fraction of sp³-hybridized carbons (Fsp3) is 0.286. The number of nitrogens with zero attached hydrogens (tertiary/aromatic N) is 1. The third kappa shape index (κ3) is 4.78. The Bertz CT molecular complexity index is 883. The van der Waals surface area contributed by atoms with Crippen molar-refractivity contribution in [2.75, 3.05) is 18.0 Å². The maximum Gasteiger partial charge on any atom is 0.251 e. The van der Waals surface area contributed by atoms with Crippen LogP contribution in [-0.4, -0.2) is 30.8 Å². The molecular formula is C21H22BrN3O3. The zero-order chi connectivity index (χ0) is 20.1. The van der Waals surface area contributed by atoms with Gasteiger partial charge in [-0.3, -0.25) is 14.4 Å². The first-order valence-electron chi connectivity index (χ1n) is 9.18. The van der Waals surface area contributed by atoms with Crippen molar-refractivity contribution in [2.45, 2.75) is 25.8 Å². The molecule has 0 unspecified atom stereocenters. The Labute approximate surface area is 172 Å².